The van der Waals surface area contributed by atoms with Crippen molar-refractivity contribution in [2.24, 2.45) is 0 Å². The molecular formula is C22H24FNO2. The van der Waals surface area contributed by atoms with Gasteiger partial charge in [-0.25, -0.2) is 4.39 Å². The summed E-state index contributed by atoms with van der Waals surface area (Å²) in [5.74, 6) is -0.950. The zero-order valence-electron chi connectivity index (χ0n) is 15.6. The first-order valence-electron chi connectivity index (χ1n) is 8.92. The second kappa shape index (κ2) is 6.94. The van der Waals surface area contributed by atoms with Crippen molar-refractivity contribution in [1.82, 2.24) is 4.57 Å². The Kier molecular flexibility index (Phi) is 4.86. The van der Waals surface area contributed by atoms with Crippen LogP contribution >= 0.6 is 0 Å². The molecule has 3 nitrogen and oxygen atoms in total. The molecule has 1 unspecified atom stereocenters. The topological polar surface area (TPSA) is 42.2 Å². The molecule has 0 aliphatic heterocycles. The van der Waals surface area contributed by atoms with Gasteiger partial charge in [0.2, 0.25) is 0 Å². The standard InChI is InChI=1S/C22H24FNO2/c1-13(2)22-21(15(4)12-20(25)26)17-7-5-6-8-19(17)24(22)16-9-10-18(23)14(3)11-16/h5-11,13,15H,12H2,1-4H3,(H,25,26). The molecule has 1 heterocycles. The zero-order chi connectivity index (χ0) is 19.0. The number of carboxylic acids is 1. The highest BCUT2D eigenvalue weighted by atomic mass is 19.1. The van der Waals surface area contributed by atoms with E-state index in [1.165, 1.54) is 6.07 Å². The monoisotopic (exact) mass is 353 g/mol. The summed E-state index contributed by atoms with van der Waals surface area (Å²) in [5, 5.41) is 10.4. The molecule has 3 rings (SSSR count). The lowest BCUT2D eigenvalue weighted by Crippen LogP contribution is -2.09. The van der Waals surface area contributed by atoms with Crippen molar-refractivity contribution >= 4 is 16.9 Å². The molecule has 1 atom stereocenters. The molecule has 0 aliphatic rings. The zero-order valence-corrected chi connectivity index (χ0v) is 15.6. The van der Waals surface area contributed by atoms with Crippen molar-refractivity contribution < 1.29 is 14.3 Å². The molecule has 0 saturated carbocycles. The molecule has 2 aromatic carbocycles. The minimum Gasteiger partial charge on any atom is -0.481 e. The summed E-state index contributed by atoms with van der Waals surface area (Å²) in [5.41, 5.74) is 4.67. The molecule has 4 heteroatoms. The van der Waals surface area contributed by atoms with E-state index in [4.69, 9.17) is 0 Å². The molecule has 0 fully saturated rings. The Labute approximate surface area is 153 Å². The van der Waals surface area contributed by atoms with E-state index in [2.05, 4.69) is 18.4 Å². The summed E-state index contributed by atoms with van der Waals surface area (Å²) in [4.78, 5) is 11.3. The lowest BCUT2D eigenvalue weighted by Gasteiger charge is -2.18. The van der Waals surface area contributed by atoms with Crippen LogP contribution in [0.25, 0.3) is 16.6 Å². The van der Waals surface area contributed by atoms with Crippen LogP contribution in [0.2, 0.25) is 0 Å². The van der Waals surface area contributed by atoms with Gasteiger partial charge in [0.05, 0.1) is 11.9 Å². The number of fused-ring (bicyclic) bond motifs is 1. The fraction of sp³-hybridized carbons (Fsp3) is 0.318. The van der Waals surface area contributed by atoms with Crippen LogP contribution in [0, 0.1) is 12.7 Å². The van der Waals surface area contributed by atoms with Gasteiger partial charge in [-0.05, 0) is 54.2 Å². The predicted molar refractivity (Wildman–Crippen MR) is 103 cm³/mol. The molecule has 0 radical (unpaired) electrons. The largest absolute Gasteiger partial charge is 0.481 e. The van der Waals surface area contributed by atoms with E-state index in [-0.39, 0.29) is 24.1 Å². The Balaban J connectivity index is 2.36. The third-order valence-corrected chi connectivity index (χ3v) is 4.87. The molecular weight excluding hydrogens is 329 g/mol. The van der Waals surface area contributed by atoms with E-state index in [0.717, 1.165) is 27.8 Å². The number of aliphatic carboxylic acids is 1. The van der Waals surface area contributed by atoms with Crippen molar-refractivity contribution in [3.05, 3.63) is 65.1 Å². The highest BCUT2D eigenvalue weighted by molar-refractivity contribution is 5.88. The SMILES string of the molecule is Cc1cc(-n2c(C(C)C)c(C(C)CC(=O)O)c3ccccc32)ccc1F. The number of aromatic nitrogens is 1. The molecule has 3 aromatic rings. The van der Waals surface area contributed by atoms with Gasteiger partial charge >= 0.3 is 5.97 Å². The third-order valence-electron chi connectivity index (χ3n) is 4.87. The van der Waals surface area contributed by atoms with E-state index in [0.29, 0.717) is 5.56 Å². The Morgan fingerprint density at radius 2 is 1.85 bits per heavy atom. The summed E-state index contributed by atoms with van der Waals surface area (Å²) in [7, 11) is 0. The second-order valence-corrected chi connectivity index (χ2v) is 7.24. The van der Waals surface area contributed by atoms with Gasteiger partial charge in [-0.2, -0.15) is 0 Å². The van der Waals surface area contributed by atoms with Crippen molar-refractivity contribution in [3.8, 4) is 5.69 Å². The van der Waals surface area contributed by atoms with E-state index >= 15 is 0 Å². The van der Waals surface area contributed by atoms with Crippen molar-refractivity contribution in [3.63, 3.8) is 0 Å². The molecule has 1 aromatic heterocycles. The van der Waals surface area contributed by atoms with Crippen LogP contribution in [0.3, 0.4) is 0 Å². The highest BCUT2D eigenvalue weighted by Gasteiger charge is 2.25. The van der Waals surface area contributed by atoms with Gasteiger partial charge in [0.15, 0.2) is 0 Å². The molecule has 0 aliphatic carbocycles. The number of rotatable bonds is 5. The fourth-order valence-electron chi connectivity index (χ4n) is 3.78. The average Bonchev–Trinajstić information content (AvgIpc) is 2.92. The summed E-state index contributed by atoms with van der Waals surface area (Å²) in [6.07, 6.45) is 0.0795. The fourth-order valence-corrected chi connectivity index (χ4v) is 3.78. The van der Waals surface area contributed by atoms with Gasteiger partial charge in [-0.1, -0.05) is 39.0 Å². The molecule has 26 heavy (non-hydrogen) atoms. The normalized spacial score (nSPS) is 12.7. The average molecular weight is 353 g/mol. The molecule has 136 valence electrons. The van der Waals surface area contributed by atoms with Crippen LogP contribution in [0.15, 0.2) is 42.5 Å². The van der Waals surface area contributed by atoms with E-state index < -0.39 is 5.97 Å². The van der Waals surface area contributed by atoms with Crippen molar-refractivity contribution in [2.75, 3.05) is 0 Å². The maximum atomic E-state index is 13.8. The van der Waals surface area contributed by atoms with Crippen LogP contribution < -0.4 is 0 Å². The highest BCUT2D eigenvalue weighted by Crippen LogP contribution is 2.39. The smallest absolute Gasteiger partial charge is 0.303 e. The number of halogens is 1. The number of nitrogens with zero attached hydrogens (tertiary/aromatic N) is 1. The van der Waals surface area contributed by atoms with Gasteiger partial charge in [0, 0.05) is 16.8 Å². The summed E-state index contributed by atoms with van der Waals surface area (Å²) < 4.78 is 15.9. The van der Waals surface area contributed by atoms with Crippen LogP contribution in [0.1, 0.15) is 55.8 Å². The molecule has 0 spiro atoms. The number of benzene rings is 2. The van der Waals surface area contributed by atoms with Crippen LogP contribution in [-0.4, -0.2) is 15.6 Å². The first-order valence-corrected chi connectivity index (χ1v) is 8.92. The van der Waals surface area contributed by atoms with Gasteiger partial charge in [-0.15, -0.1) is 0 Å². The Hall–Kier alpha value is -2.62. The van der Waals surface area contributed by atoms with E-state index in [1.54, 1.807) is 13.0 Å². The minimum absolute atomic E-state index is 0.0795. The number of carbonyl (C=O) groups is 1. The number of carboxylic acid groups (broad SMARTS) is 1. The summed E-state index contributed by atoms with van der Waals surface area (Å²) in [6, 6.07) is 13.2. The molecule has 0 saturated heterocycles. The van der Waals surface area contributed by atoms with Gasteiger partial charge in [-0.3, -0.25) is 4.79 Å². The van der Waals surface area contributed by atoms with Gasteiger partial charge in [0.1, 0.15) is 5.82 Å². The minimum atomic E-state index is -0.804. The van der Waals surface area contributed by atoms with Gasteiger partial charge in [0.25, 0.3) is 0 Å². The first-order chi connectivity index (χ1) is 12.3. The summed E-state index contributed by atoms with van der Waals surface area (Å²) >= 11 is 0. The Bertz CT molecular complexity index is 972. The quantitative estimate of drug-likeness (QED) is 0.632. The van der Waals surface area contributed by atoms with Crippen molar-refractivity contribution in [1.29, 1.82) is 0 Å². The first kappa shape index (κ1) is 18.2. The molecule has 0 bridgehead atoms. The Morgan fingerprint density at radius 1 is 1.15 bits per heavy atom. The lowest BCUT2D eigenvalue weighted by atomic mass is 9.91. The van der Waals surface area contributed by atoms with Crippen LogP contribution in [-0.2, 0) is 4.79 Å². The maximum Gasteiger partial charge on any atom is 0.303 e. The number of hydrogen-bond acceptors (Lipinski definition) is 1. The number of hydrogen-bond donors (Lipinski definition) is 1. The number of aryl methyl sites for hydroxylation is 1. The molecule has 0 amide bonds. The third kappa shape index (κ3) is 3.12. The van der Waals surface area contributed by atoms with Crippen molar-refractivity contribution in [2.45, 2.75) is 46.0 Å². The Morgan fingerprint density at radius 3 is 2.46 bits per heavy atom. The lowest BCUT2D eigenvalue weighted by molar-refractivity contribution is -0.137. The van der Waals surface area contributed by atoms with E-state index in [1.807, 2.05) is 37.3 Å². The predicted octanol–water partition coefficient (Wildman–Crippen LogP) is 5.78. The van der Waals surface area contributed by atoms with Gasteiger partial charge < -0.3 is 9.67 Å². The molecule has 1 N–H and O–H groups in total. The van der Waals surface area contributed by atoms with E-state index in [9.17, 15) is 14.3 Å². The number of para-hydroxylation sites is 1. The van der Waals surface area contributed by atoms with Crippen LogP contribution in [0.5, 0.6) is 0 Å². The second-order valence-electron chi connectivity index (χ2n) is 7.24. The van der Waals surface area contributed by atoms with Crippen LogP contribution in [0.4, 0.5) is 4.39 Å². The summed E-state index contributed by atoms with van der Waals surface area (Å²) in [6.45, 7) is 7.94. The maximum absolute atomic E-state index is 13.8.